The summed E-state index contributed by atoms with van der Waals surface area (Å²) in [4.78, 5) is 27.8. The fraction of sp³-hybridized carbons (Fsp3) is 0.429. The number of carbonyl (C=O) groups excluding carboxylic acids is 2. The molecule has 1 saturated heterocycles. The predicted molar refractivity (Wildman–Crippen MR) is 78.8 cm³/mol. The van der Waals surface area contributed by atoms with Gasteiger partial charge in [-0.05, 0) is 17.7 Å². The van der Waals surface area contributed by atoms with Gasteiger partial charge in [-0.1, -0.05) is 5.11 Å². The molecule has 9 heteroatoms. The van der Waals surface area contributed by atoms with E-state index in [1.54, 1.807) is 18.2 Å². The average Bonchev–Trinajstić information content (AvgIpc) is 2.59. The van der Waals surface area contributed by atoms with Crippen molar-refractivity contribution < 1.29 is 23.8 Å². The second kappa shape index (κ2) is 6.89. The van der Waals surface area contributed by atoms with Crippen molar-refractivity contribution in [1.29, 1.82) is 0 Å². The van der Waals surface area contributed by atoms with Gasteiger partial charge in [0, 0.05) is 16.5 Å². The van der Waals surface area contributed by atoms with Crippen LogP contribution in [0.2, 0.25) is 0 Å². The minimum atomic E-state index is -1.07. The van der Waals surface area contributed by atoms with Gasteiger partial charge in [-0.3, -0.25) is 4.79 Å². The van der Waals surface area contributed by atoms with Gasteiger partial charge < -0.3 is 19.1 Å². The zero-order valence-electron chi connectivity index (χ0n) is 12.9. The van der Waals surface area contributed by atoms with E-state index < -0.39 is 24.0 Å². The molecule has 1 aliphatic rings. The molecule has 1 aromatic carbocycles. The number of esters is 1. The molecule has 9 nitrogen and oxygen atoms in total. The Morgan fingerprint density at radius 2 is 2.09 bits per heavy atom. The van der Waals surface area contributed by atoms with Crippen LogP contribution in [0.4, 0.5) is 0 Å². The molecule has 0 spiro atoms. The molecule has 0 unspecified atom stereocenters. The number of benzene rings is 1. The van der Waals surface area contributed by atoms with Gasteiger partial charge >= 0.3 is 5.97 Å². The first-order valence-corrected chi connectivity index (χ1v) is 6.70. The summed E-state index contributed by atoms with van der Waals surface area (Å²) in [7, 11) is 4.24. The van der Waals surface area contributed by atoms with E-state index in [4.69, 9.17) is 15.0 Å². The van der Waals surface area contributed by atoms with Crippen LogP contribution in [0, 0.1) is 0 Å². The first-order valence-electron chi connectivity index (χ1n) is 6.70. The normalized spacial score (nSPS) is 19.4. The maximum absolute atomic E-state index is 12.1. The fourth-order valence-electron chi connectivity index (χ4n) is 2.42. The maximum Gasteiger partial charge on any atom is 0.329 e. The van der Waals surface area contributed by atoms with Crippen molar-refractivity contribution in [2.24, 2.45) is 5.11 Å². The molecule has 1 heterocycles. The van der Waals surface area contributed by atoms with E-state index in [2.05, 4.69) is 14.8 Å². The lowest BCUT2D eigenvalue weighted by Gasteiger charge is -2.43. The monoisotopic (exact) mass is 320 g/mol. The summed E-state index contributed by atoms with van der Waals surface area (Å²) < 4.78 is 15.1. The Kier molecular flexibility index (Phi) is 4.92. The molecule has 23 heavy (non-hydrogen) atoms. The van der Waals surface area contributed by atoms with Gasteiger partial charge in [-0.25, -0.2) is 4.79 Å². The molecular weight excluding hydrogens is 304 g/mol. The number of hydrogen-bond donors (Lipinski definition) is 0. The van der Waals surface area contributed by atoms with Gasteiger partial charge in [0.25, 0.3) is 0 Å². The lowest BCUT2D eigenvalue weighted by molar-refractivity contribution is -0.167. The molecular formula is C14H16N4O5. The molecule has 0 radical (unpaired) electrons. The Hall–Kier alpha value is -2.93. The first kappa shape index (κ1) is 16.4. The number of methoxy groups -OCH3 is 3. The Labute approximate surface area is 132 Å². The van der Waals surface area contributed by atoms with Crippen molar-refractivity contribution in [3.05, 3.63) is 34.2 Å². The maximum atomic E-state index is 12.1. The summed E-state index contributed by atoms with van der Waals surface area (Å²) >= 11 is 0. The summed E-state index contributed by atoms with van der Waals surface area (Å²) in [6.45, 7) is 0.128. The van der Waals surface area contributed by atoms with E-state index >= 15 is 0 Å². The lowest BCUT2D eigenvalue weighted by Crippen LogP contribution is -2.66. The van der Waals surface area contributed by atoms with Crippen LogP contribution in [0.1, 0.15) is 5.56 Å². The van der Waals surface area contributed by atoms with Crippen LogP contribution in [0.15, 0.2) is 23.3 Å². The summed E-state index contributed by atoms with van der Waals surface area (Å²) in [6.07, 6.45) is 0. The van der Waals surface area contributed by atoms with Gasteiger partial charge in [0.05, 0.1) is 27.9 Å². The number of hydrogen-bond acceptors (Lipinski definition) is 6. The van der Waals surface area contributed by atoms with Crippen LogP contribution < -0.4 is 9.47 Å². The van der Waals surface area contributed by atoms with Gasteiger partial charge in [0.2, 0.25) is 5.91 Å². The highest BCUT2D eigenvalue weighted by Gasteiger charge is 2.51. The van der Waals surface area contributed by atoms with Crippen LogP contribution in [0.3, 0.4) is 0 Å². The number of ether oxygens (including phenoxy) is 3. The lowest BCUT2D eigenvalue weighted by atomic mass is 9.94. The van der Waals surface area contributed by atoms with Crippen molar-refractivity contribution in [2.45, 2.75) is 18.6 Å². The Balaban J connectivity index is 2.26. The molecule has 0 aromatic heterocycles. The first-order chi connectivity index (χ1) is 11.1. The van der Waals surface area contributed by atoms with E-state index in [1.807, 2.05) is 0 Å². The summed E-state index contributed by atoms with van der Waals surface area (Å²) in [5, 5.41) is 3.36. The molecule has 0 aliphatic carbocycles. The second-order valence-corrected chi connectivity index (χ2v) is 4.76. The molecule has 2 atom stereocenters. The molecule has 1 aromatic rings. The van der Waals surface area contributed by atoms with Crippen LogP contribution in [0.25, 0.3) is 10.4 Å². The quantitative estimate of drug-likeness (QED) is 0.257. The second-order valence-electron chi connectivity index (χ2n) is 4.76. The van der Waals surface area contributed by atoms with Gasteiger partial charge in [0.15, 0.2) is 0 Å². The van der Waals surface area contributed by atoms with Gasteiger partial charge in [-0.2, -0.15) is 0 Å². The smallest absolute Gasteiger partial charge is 0.329 e. The third-order valence-corrected chi connectivity index (χ3v) is 3.62. The number of rotatable bonds is 6. The predicted octanol–water partition coefficient (Wildman–Crippen LogP) is 1.27. The number of amides is 1. The average molecular weight is 320 g/mol. The minimum Gasteiger partial charge on any atom is -0.497 e. The van der Waals surface area contributed by atoms with Gasteiger partial charge in [0.1, 0.15) is 23.6 Å². The molecule has 1 fully saturated rings. The fourth-order valence-corrected chi connectivity index (χ4v) is 2.42. The Bertz CT molecular complexity index is 671. The summed E-state index contributed by atoms with van der Waals surface area (Å²) in [5.74, 6) is 0.0653. The number of carbonyl (C=O) groups is 2. The van der Waals surface area contributed by atoms with Crippen molar-refractivity contribution in [3.63, 3.8) is 0 Å². The third kappa shape index (κ3) is 3.00. The van der Waals surface area contributed by atoms with E-state index in [0.29, 0.717) is 17.1 Å². The van der Waals surface area contributed by atoms with Crippen LogP contribution in [-0.2, 0) is 20.9 Å². The number of likely N-dealkylation sites (tertiary alicyclic amines) is 1. The summed E-state index contributed by atoms with van der Waals surface area (Å²) in [5.41, 5.74) is 9.20. The zero-order valence-corrected chi connectivity index (χ0v) is 12.9. The Morgan fingerprint density at radius 3 is 2.65 bits per heavy atom. The molecule has 1 amide bonds. The highest BCUT2D eigenvalue weighted by atomic mass is 16.5. The summed E-state index contributed by atoms with van der Waals surface area (Å²) in [6, 6.07) is 3.13. The van der Waals surface area contributed by atoms with E-state index in [0.717, 1.165) is 0 Å². The van der Waals surface area contributed by atoms with Crippen LogP contribution >= 0.6 is 0 Å². The Morgan fingerprint density at radius 1 is 1.35 bits per heavy atom. The molecule has 122 valence electrons. The standard InChI is InChI=1S/C14H16N4O5/c1-21-9-5-4-8(10(6-9)22-2)7-18-12(14(20)23-3)11(13(18)19)16-17-15/h4-6,11-12H,7H2,1-3H3/t11-,12-/m0/s1. The molecule has 0 N–H and O–H groups in total. The van der Waals surface area contributed by atoms with E-state index in [-0.39, 0.29) is 6.54 Å². The minimum absolute atomic E-state index is 0.128. The SMILES string of the molecule is COC(=O)[C@@H]1[C@H](N=[N+]=[N-])C(=O)N1Cc1ccc(OC)cc1OC. The van der Waals surface area contributed by atoms with E-state index in [9.17, 15) is 9.59 Å². The van der Waals surface area contributed by atoms with Crippen LogP contribution in [0.5, 0.6) is 11.5 Å². The topological polar surface area (TPSA) is 114 Å². The molecule has 0 bridgehead atoms. The van der Waals surface area contributed by atoms with Crippen molar-refractivity contribution >= 4 is 11.9 Å². The molecule has 1 aliphatic heterocycles. The molecule has 2 rings (SSSR count). The molecule has 0 saturated carbocycles. The number of nitrogens with zero attached hydrogens (tertiary/aromatic N) is 4. The van der Waals surface area contributed by atoms with E-state index in [1.165, 1.54) is 26.2 Å². The highest BCUT2D eigenvalue weighted by Crippen LogP contribution is 2.31. The number of β-lactam (4-membered cyclic amide) rings is 1. The third-order valence-electron chi connectivity index (χ3n) is 3.62. The number of azide groups is 1. The zero-order chi connectivity index (χ0) is 17.0. The largest absolute Gasteiger partial charge is 0.497 e. The van der Waals surface area contributed by atoms with Crippen molar-refractivity contribution in [3.8, 4) is 11.5 Å². The van der Waals surface area contributed by atoms with Crippen LogP contribution in [-0.4, -0.2) is 50.2 Å². The van der Waals surface area contributed by atoms with Crippen molar-refractivity contribution in [1.82, 2.24) is 4.90 Å². The van der Waals surface area contributed by atoms with Gasteiger partial charge in [-0.15, -0.1) is 0 Å². The van der Waals surface area contributed by atoms with Crippen molar-refractivity contribution in [2.75, 3.05) is 21.3 Å². The highest BCUT2D eigenvalue weighted by molar-refractivity contribution is 6.00.